The number of hydrogen-bond donors (Lipinski definition) is 2. The number of anilines is 1. The number of hydrogen-bond acceptors (Lipinski definition) is 2. The number of carboxylic acid groups (broad SMARTS) is 1. The van der Waals surface area contributed by atoms with E-state index in [-0.39, 0.29) is 18.5 Å². The van der Waals surface area contributed by atoms with E-state index in [2.05, 4.69) is 21.2 Å². The molecule has 1 saturated heterocycles. The topological polar surface area (TPSA) is 69.6 Å². The fourth-order valence-electron chi connectivity index (χ4n) is 2.63. The number of aliphatic carboxylic acids is 1. The van der Waals surface area contributed by atoms with Gasteiger partial charge in [-0.25, -0.2) is 4.79 Å². The lowest BCUT2D eigenvalue weighted by Crippen LogP contribution is -2.47. The summed E-state index contributed by atoms with van der Waals surface area (Å²) in [7, 11) is 0. The van der Waals surface area contributed by atoms with Crippen molar-refractivity contribution in [1.29, 1.82) is 0 Å². The average molecular weight is 390 g/mol. The first-order chi connectivity index (χ1) is 10.3. The van der Waals surface area contributed by atoms with Gasteiger partial charge >= 0.3 is 12.0 Å². The van der Waals surface area contributed by atoms with Crippen LogP contribution < -0.4 is 5.32 Å². The van der Waals surface area contributed by atoms with Crippen molar-refractivity contribution < 1.29 is 14.7 Å². The fourth-order valence-corrected chi connectivity index (χ4v) is 3.35. The SMILES string of the molecule is Cc1cc(Br)c(NC(=O)N2CC(C)CC(C(=O)O)C2)cc1Cl. The molecule has 2 N–H and O–H groups in total. The molecule has 2 unspecified atom stereocenters. The molecule has 2 atom stereocenters. The minimum atomic E-state index is -0.857. The second-order valence-electron chi connectivity index (χ2n) is 5.79. The van der Waals surface area contributed by atoms with Crippen LogP contribution >= 0.6 is 27.5 Å². The van der Waals surface area contributed by atoms with Crippen LogP contribution in [-0.2, 0) is 4.79 Å². The molecular weight excluding hydrogens is 372 g/mol. The zero-order chi connectivity index (χ0) is 16.4. The number of aryl methyl sites for hydroxylation is 1. The molecule has 1 aliphatic heterocycles. The molecule has 1 aromatic carbocycles. The Bertz CT molecular complexity index is 609. The molecule has 0 spiro atoms. The average Bonchev–Trinajstić information content (AvgIpc) is 2.43. The van der Waals surface area contributed by atoms with Crippen molar-refractivity contribution in [2.45, 2.75) is 20.3 Å². The Morgan fingerprint density at radius 2 is 2.09 bits per heavy atom. The molecule has 120 valence electrons. The summed E-state index contributed by atoms with van der Waals surface area (Å²) in [5.74, 6) is -1.21. The van der Waals surface area contributed by atoms with Crippen molar-refractivity contribution in [2.24, 2.45) is 11.8 Å². The largest absolute Gasteiger partial charge is 0.481 e. The van der Waals surface area contributed by atoms with Crippen LogP contribution in [-0.4, -0.2) is 35.1 Å². The molecule has 0 radical (unpaired) electrons. The van der Waals surface area contributed by atoms with Crippen molar-refractivity contribution in [3.8, 4) is 0 Å². The molecule has 0 saturated carbocycles. The van der Waals surface area contributed by atoms with Gasteiger partial charge in [-0.05, 0) is 52.9 Å². The van der Waals surface area contributed by atoms with Crippen molar-refractivity contribution in [3.05, 3.63) is 27.2 Å². The van der Waals surface area contributed by atoms with Crippen molar-refractivity contribution >= 4 is 45.2 Å². The standard InChI is InChI=1S/C15H18BrClN2O3/c1-8-3-10(14(20)21)7-19(6-8)15(22)18-13-5-12(17)9(2)4-11(13)16/h4-5,8,10H,3,6-7H2,1-2H3,(H,18,22)(H,20,21). The van der Waals surface area contributed by atoms with Crippen molar-refractivity contribution in [1.82, 2.24) is 4.90 Å². The maximum Gasteiger partial charge on any atom is 0.321 e. The smallest absolute Gasteiger partial charge is 0.321 e. The number of rotatable bonds is 2. The Labute approximate surface area is 142 Å². The van der Waals surface area contributed by atoms with Gasteiger partial charge in [0.1, 0.15) is 0 Å². The van der Waals surface area contributed by atoms with Gasteiger partial charge in [-0.1, -0.05) is 18.5 Å². The molecule has 0 aromatic heterocycles. The number of carbonyl (C=O) groups excluding carboxylic acids is 1. The molecule has 5 nitrogen and oxygen atoms in total. The van der Waals surface area contributed by atoms with E-state index in [1.54, 1.807) is 11.0 Å². The first-order valence-corrected chi connectivity index (χ1v) is 8.19. The van der Waals surface area contributed by atoms with Crippen LogP contribution in [0.25, 0.3) is 0 Å². The Hall–Kier alpha value is -1.27. The van der Waals surface area contributed by atoms with E-state index >= 15 is 0 Å². The van der Waals surface area contributed by atoms with E-state index in [4.69, 9.17) is 11.6 Å². The Morgan fingerprint density at radius 1 is 1.41 bits per heavy atom. The van der Waals surface area contributed by atoms with Crippen LogP contribution in [0.1, 0.15) is 18.9 Å². The molecule has 0 bridgehead atoms. The van der Waals surface area contributed by atoms with Crippen LogP contribution in [0.4, 0.5) is 10.5 Å². The summed E-state index contributed by atoms with van der Waals surface area (Å²) >= 11 is 9.47. The number of carbonyl (C=O) groups is 2. The zero-order valence-corrected chi connectivity index (χ0v) is 14.7. The summed E-state index contributed by atoms with van der Waals surface area (Å²) in [6, 6.07) is 3.20. The number of benzene rings is 1. The fraction of sp³-hybridized carbons (Fsp3) is 0.467. The lowest BCUT2D eigenvalue weighted by atomic mass is 9.91. The predicted molar refractivity (Wildman–Crippen MR) is 89.4 cm³/mol. The van der Waals surface area contributed by atoms with Gasteiger partial charge in [0.25, 0.3) is 0 Å². The highest BCUT2D eigenvalue weighted by Gasteiger charge is 2.32. The minimum Gasteiger partial charge on any atom is -0.481 e. The summed E-state index contributed by atoms with van der Waals surface area (Å²) in [6.45, 7) is 4.60. The van der Waals surface area contributed by atoms with E-state index in [0.29, 0.717) is 23.7 Å². The normalized spacial score (nSPS) is 21.5. The Balaban J connectivity index is 2.11. The number of halogens is 2. The van der Waals surface area contributed by atoms with Crippen LogP contribution in [0.2, 0.25) is 5.02 Å². The summed E-state index contributed by atoms with van der Waals surface area (Å²) in [6.07, 6.45) is 0.596. The number of nitrogens with one attached hydrogen (secondary N) is 1. The van der Waals surface area contributed by atoms with E-state index in [0.717, 1.165) is 10.0 Å². The Morgan fingerprint density at radius 3 is 2.73 bits per heavy atom. The van der Waals surface area contributed by atoms with Gasteiger partial charge in [0.15, 0.2) is 0 Å². The molecular formula is C15H18BrClN2O3. The van der Waals surface area contributed by atoms with Gasteiger partial charge in [-0.15, -0.1) is 0 Å². The number of urea groups is 1. The summed E-state index contributed by atoms with van der Waals surface area (Å²) in [5.41, 5.74) is 1.48. The number of amides is 2. The zero-order valence-electron chi connectivity index (χ0n) is 12.4. The number of piperidine rings is 1. The molecule has 1 aromatic rings. The molecule has 1 fully saturated rings. The van der Waals surface area contributed by atoms with Crippen LogP contribution in [0.15, 0.2) is 16.6 Å². The second kappa shape index (κ2) is 6.87. The quantitative estimate of drug-likeness (QED) is 0.803. The number of likely N-dealkylation sites (tertiary alicyclic amines) is 1. The van der Waals surface area contributed by atoms with Gasteiger partial charge in [0.2, 0.25) is 0 Å². The Kier molecular flexibility index (Phi) is 5.34. The highest BCUT2D eigenvalue weighted by atomic mass is 79.9. The van der Waals surface area contributed by atoms with E-state index < -0.39 is 11.9 Å². The molecule has 1 aliphatic rings. The molecule has 1 heterocycles. The minimum absolute atomic E-state index is 0.158. The van der Waals surface area contributed by atoms with Gasteiger partial charge < -0.3 is 15.3 Å². The number of nitrogens with zero attached hydrogens (tertiary/aromatic N) is 1. The lowest BCUT2D eigenvalue weighted by molar-refractivity contribution is -0.143. The van der Waals surface area contributed by atoms with E-state index in [1.165, 1.54) is 0 Å². The number of carboxylic acids is 1. The summed E-state index contributed by atoms with van der Waals surface area (Å²) < 4.78 is 0.739. The third kappa shape index (κ3) is 3.93. The molecule has 22 heavy (non-hydrogen) atoms. The molecule has 7 heteroatoms. The molecule has 2 rings (SSSR count). The highest BCUT2D eigenvalue weighted by Crippen LogP contribution is 2.30. The summed E-state index contributed by atoms with van der Waals surface area (Å²) in [4.78, 5) is 25.1. The third-order valence-corrected chi connectivity index (χ3v) is 4.85. The second-order valence-corrected chi connectivity index (χ2v) is 7.05. The first kappa shape index (κ1) is 17.1. The maximum absolute atomic E-state index is 12.4. The van der Waals surface area contributed by atoms with Gasteiger partial charge in [-0.2, -0.15) is 0 Å². The van der Waals surface area contributed by atoms with Gasteiger partial charge in [0, 0.05) is 22.6 Å². The summed E-state index contributed by atoms with van der Waals surface area (Å²) in [5, 5.41) is 12.5. The maximum atomic E-state index is 12.4. The van der Waals surface area contributed by atoms with Crippen LogP contribution in [0.5, 0.6) is 0 Å². The molecule has 0 aliphatic carbocycles. The van der Waals surface area contributed by atoms with Crippen molar-refractivity contribution in [2.75, 3.05) is 18.4 Å². The van der Waals surface area contributed by atoms with Gasteiger partial charge in [-0.3, -0.25) is 4.79 Å². The van der Waals surface area contributed by atoms with E-state index in [9.17, 15) is 14.7 Å². The monoisotopic (exact) mass is 388 g/mol. The van der Waals surface area contributed by atoms with E-state index in [1.807, 2.05) is 19.9 Å². The third-order valence-electron chi connectivity index (χ3n) is 3.79. The van der Waals surface area contributed by atoms with Crippen LogP contribution in [0, 0.1) is 18.8 Å². The molecule has 2 amide bonds. The highest BCUT2D eigenvalue weighted by molar-refractivity contribution is 9.10. The van der Waals surface area contributed by atoms with Gasteiger partial charge in [0.05, 0.1) is 11.6 Å². The first-order valence-electron chi connectivity index (χ1n) is 7.02. The van der Waals surface area contributed by atoms with Crippen LogP contribution in [0.3, 0.4) is 0 Å². The van der Waals surface area contributed by atoms with Crippen molar-refractivity contribution in [3.63, 3.8) is 0 Å². The lowest BCUT2D eigenvalue weighted by Gasteiger charge is -2.34. The predicted octanol–water partition coefficient (Wildman–Crippen LogP) is 3.99.